The molecule has 1 aliphatic heterocycles. The molecule has 5 heteroatoms. The summed E-state index contributed by atoms with van der Waals surface area (Å²) < 4.78 is 1.78. The van der Waals surface area contributed by atoms with Crippen molar-refractivity contribution in [1.82, 2.24) is 19.7 Å². The summed E-state index contributed by atoms with van der Waals surface area (Å²) in [6.45, 7) is 4.93. The molecular formula is C22H24N4O. The van der Waals surface area contributed by atoms with Crippen molar-refractivity contribution in [2.24, 2.45) is 0 Å². The Kier molecular flexibility index (Phi) is 4.75. The molecule has 27 heavy (non-hydrogen) atoms. The summed E-state index contributed by atoms with van der Waals surface area (Å²) in [4.78, 5) is 19.7. The highest BCUT2D eigenvalue weighted by atomic mass is 16.2. The van der Waals surface area contributed by atoms with Gasteiger partial charge in [0.1, 0.15) is 0 Å². The van der Waals surface area contributed by atoms with Gasteiger partial charge in [0.15, 0.2) is 5.82 Å². The van der Waals surface area contributed by atoms with E-state index in [0.29, 0.717) is 5.82 Å². The molecule has 138 valence electrons. The lowest BCUT2D eigenvalue weighted by Gasteiger charge is -2.32. The van der Waals surface area contributed by atoms with E-state index in [1.807, 2.05) is 60.4 Å². The van der Waals surface area contributed by atoms with Gasteiger partial charge in [0.25, 0.3) is 5.91 Å². The lowest BCUT2D eigenvalue weighted by Crippen LogP contribution is -2.42. The summed E-state index contributed by atoms with van der Waals surface area (Å²) in [5, 5.41) is 4.62. The van der Waals surface area contributed by atoms with Crippen LogP contribution < -0.4 is 0 Å². The number of nitrogens with zero attached hydrogens (tertiary/aromatic N) is 4. The van der Waals surface area contributed by atoms with Crippen LogP contribution in [-0.4, -0.2) is 38.2 Å². The monoisotopic (exact) mass is 360 g/mol. The van der Waals surface area contributed by atoms with Crippen LogP contribution in [0.3, 0.4) is 0 Å². The van der Waals surface area contributed by atoms with Gasteiger partial charge in [-0.15, -0.1) is 5.10 Å². The van der Waals surface area contributed by atoms with Crippen molar-refractivity contribution in [1.29, 1.82) is 0 Å². The van der Waals surface area contributed by atoms with Gasteiger partial charge >= 0.3 is 0 Å². The SMILES string of the molecule is Cc1cccc(-n2nc(C(=O)N3CCCC[C@H]3C)nc2-c2ccccc2)c1. The minimum atomic E-state index is -0.0780. The molecule has 0 unspecified atom stereocenters. The fourth-order valence-corrected chi connectivity index (χ4v) is 3.64. The average molecular weight is 360 g/mol. The molecule has 0 N–H and O–H groups in total. The molecule has 1 aromatic heterocycles. The first-order chi connectivity index (χ1) is 13.1. The number of carbonyl (C=O) groups excluding carboxylic acids is 1. The molecule has 1 amide bonds. The maximum atomic E-state index is 13.1. The molecule has 0 bridgehead atoms. The van der Waals surface area contributed by atoms with Crippen LogP contribution in [0.15, 0.2) is 54.6 Å². The van der Waals surface area contributed by atoms with Crippen LogP contribution in [0.1, 0.15) is 42.4 Å². The Bertz CT molecular complexity index is 948. The Hall–Kier alpha value is -2.95. The standard InChI is InChI=1S/C22H24N4O/c1-16-9-8-13-19(15-16)26-21(18-11-4-3-5-12-18)23-20(24-26)22(27)25-14-7-6-10-17(25)2/h3-5,8-9,11-13,15,17H,6-7,10,14H2,1-2H3/t17-/m1/s1. The molecule has 0 aliphatic carbocycles. The Labute approximate surface area is 159 Å². The van der Waals surface area contributed by atoms with E-state index in [9.17, 15) is 4.79 Å². The molecule has 5 nitrogen and oxygen atoms in total. The average Bonchev–Trinajstić information content (AvgIpc) is 3.14. The largest absolute Gasteiger partial charge is 0.333 e. The number of piperidine rings is 1. The summed E-state index contributed by atoms with van der Waals surface area (Å²) in [7, 11) is 0. The van der Waals surface area contributed by atoms with Crippen LogP contribution in [0.4, 0.5) is 0 Å². The fourth-order valence-electron chi connectivity index (χ4n) is 3.64. The van der Waals surface area contributed by atoms with Gasteiger partial charge in [-0.2, -0.15) is 0 Å². The summed E-state index contributed by atoms with van der Waals surface area (Å²) in [5.74, 6) is 0.879. The van der Waals surface area contributed by atoms with E-state index in [4.69, 9.17) is 0 Å². The van der Waals surface area contributed by atoms with E-state index >= 15 is 0 Å². The van der Waals surface area contributed by atoms with Gasteiger partial charge in [-0.05, 0) is 50.8 Å². The molecule has 1 aliphatic rings. The second-order valence-electron chi connectivity index (χ2n) is 7.22. The van der Waals surface area contributed by atoms with Crippen LogP contribution in [-0.2, 0) is 0 Å². The summed E-state index contributed by atoms with van der Waals surface area (Å²) in [6.07, 6.45) is 3.25. The Morgan fingerprint density at radius 2 is 1.89 bits per heavy atom. The molecule has 4 rings (SSSR count). The highest BCUT2D eigenvalue weighted by Crippen LogP contribution is 2.24. The third kappa shape index (κ3) is 3.50. The van der Waals surface area contributed by atoms with Crippen LogP contribution >= 0.6 is 0 Å². The second kappa shape index (κ2) is 7.35. The van der Waals surface area contributed by atoms with Gasteiger partial charge in [-0.1, -0.05) is 42.5 Å². The summed E-state index contributed by atoms with van der Waals surface area (Å²) in [6, 6.07) is 18.2. The smallest absolute Gasteiger partial charge is 0.293 e. The first kappa shape index (κ1) is 17.5. The molecule has 1 saturated heterocycles. The Balaban J connectivity index is 1.79. The number of hydrogen-bond acceptors (Lipinski definition) is 3. The zero-order valence-electron chi connectivity index (χ0n) is 15.8. The minimum absolute atomic E-state index is 0.0780. The molecule has 1 fully saturated rings. The van der Waals surface area contributed by atoms with Crippen molar-refractivity contribution >= 4 is 5.91 Å². The third-order valence-electron chi connectivity index (χ3n) is 5.14. The summed E-state index contributed by atoms with van der Waals surface area (Å²) >= 11 is 0. The van der Waals surface area contributed by atoms with E-state index < -0.39 is 0 Å². The lowest BCUT2D eigenvalue weighted by molar-refractivity contribution is 0.0623. The van der Waals surface area contributed by atoms with Gasteiger partial charge in [-0.3, -0.25) is 4.79 Å². The predicted octanol–water partition coefficient (Wildman–Crippen LogP) is 4.26. The Morgan fingerprint density at radius 1 is 1.07 bits per heavy atom. The van der Waals surface area contributed by atoms with Gasteiger partial charge in [0, 0.05) is 18.2 Å². The van der Waals surface area contributed by atoms with E-state index in [-0.39, 0.29) is 17.8 Å². The maximum Gasteiger partial charge on any atom is 0.293 e. The third-order valence-corrected chi connectivity index (χ3v) is 5.14. The molecule has 3 aromatic rings. The van der Waals surface area contributed by atoms with E-state index in [1.165, 1.54) is 6.42 Å². The number of likely N-dealkylation sites (tertiary alicyclic amines) is 1. The topological polar surface area (TPSA) is 51.0 Å². The van der Waals surface area contributed by atoms with Crippen molar-refractivity contribution in [3.05, 3.63) is 66.0 Å². The predicted molar refractivity (Wildman–Crippen MR) is 106 cm³/mol. The first-order valence-corrected chi connectivity index (χ1v) is 9.54. The molecule has 1 atom stereocenters. The van der Waals surface area contributed by atoms with Crippen LogP contribution in [0, 0.1) is 6.92 Å². The molecule has 0 radical (unpaired) electrons. The summed E-state index contributed by atoms with van der Waals surface area (Å²) in [5.41, 5.74) is 2.99. The van der Waals surface area contributed by atoms with E-state index in [0.717, 1.165) is 36.2 Å². The van der Waals surface area contributed by atoms with Crippen LogP contribution in [0.5, 0.6) is 0 Å². The zero-order valence-corrected chi connectivity index (χ0v) is 15.8. The number of hydrogen-bond donors (Lipinski definition) is 0. The first-order valence-electron chi connectivity index (χ1n) is 9.54. The number of benzene rings is 2. The molecule has 2 aromatic carbocycles. The quantitative estimate of drug-likeness (QED) is 0.701. The normalized spacial score (nSPS) is 17.1. The molecular weight excluding hydrogens is 336 g/mol. The van der Waals surface area contributed by atoms with Crippen molar-refractivity contribution in [2.45, 2.75) is 39.2 Å². The van der Waals surface area contributed by atoms with Crippen molar-refractivity contribution in [2.75, 3.05) is 6.54 Å². The number of carbonyl (C=O) groups is 1. The van der Waals surface area contributed by atoms with Gasteiger partial charge < -0.3 is 4.90 Å². The van der Waals surface area contributed by atoms with Crippen molar-refractivity contribution in [3.63, 3.8) is 0 Å². The van der Waals surface area contributed by atoms with Gasteiger partial charge in [0.05, 0.1) is 5.69 Å². The van der Waals surface area contributed by atoms with Gasteiger partial charge in [0.2, 0.25) is 5.82 Å². The molecule has 2 heterocycles. The van der Waals surface area contributed by atoms with E-state index in [2.05, 4.69) is 23.1 Å². The zero-order chi connectivity index (χ0) is 18.8. The molecule has 0 spiro atoms. The van der Waals surface area contributed by atoms with Crippen molar-refractivity contribution < 1.29 is 4.79 Å². The van der Waals surface area contributed by atoms with Crippen LogP contribution in [0.2, 0.25) is 0 Å². The number of aryl methyl sites for hydroxylation is 1. The van der Waals surface area contributed by atoms with E-state index in [1.54, 1.807) is 4.68 Å². The fraction of sp³-hybridized carbons (Fsp3) is 0.318. The highest BCUT2D eigenvalue weighted by Gasteiger charge is 2.28. The molecule has 0 saturated carbocycles. The maximum absolute atomic E-state index is 13.1. The lowest BCUT2D eigenvalue weighted by atomic mass is 10.0. The van der Waals surface area contributed by atoms with Crippen LogP contribution in [0.25, 0.3) is 17.1 Å². The van der Waals surface area contributed by atoms with Crippen molar-refractivity contribution in [3.8, 4) is 17.1 Å². The number of aromatic nitrogens is 3. The number of amides is 1. The van der Waals surface area contributed by atoms with Gasteiger partial charge in [-0.25, -0.2) is 9.67 Å². The highest BCUT2D eigenvalue weighted by molar-refractivity contribution is 5.91. The Morgan fingerprint density at radius 3 is 2.63 bits per heavy atom. The number of rotatable bonds is 3. The second-order valence-corrected chi connectivity index (χ2v) is 7.22. The minimum Gasteiger partial charge on any atom is -0.333 e.